The molecule has 0 atom stereocenters. The molecule has 0 bridgehead atoms. The minimum Gasteiger partial charge on any atom is -0.508 e. The molecule has 0 aliphatic carbocycles. The standard InChI is InChI=1S/C9H11BrO3/c1-12-9(13-2)6-3-7(10)5-8(11)4-6/h3-5,9,11H,1-2H3. The summed E-state index contributed by atoms with van der Waals surface area (Å²) in [5.41, 5.74) is 0.775. The molecule has 0 unspecified atom stereocenters. The first-order valence-corrected chi connectivity index (χ1v) is 4.51. The molecular formula is C9H11BrO3. The van der Waals surface area contributed by atoms with E-state index >= 15 is 0 Å². The van der Waals surface area contributed by atoms with E-state index < -0.39 is 6.29 Å². The first kappa shape index (κ1) is 10.5. The van der Waals surface area contributed by atoms with Crippen LogP contribution in [0.3, 0.4) is 0 Å². The quantitative estimate of drug-likeness (QED) is 0.833. The average molecular weight is 247 g/mol. The third-order valence-corrected chi connectivity index (χ3v) is 2.06. The molecule has 0 radical (unpaired) electrons. The van der Waals surface area contributed by atoms with E-state index in [0.717, 1.165) is 10.0 Å². The van der Waals surface area contributed by atoms with Gasteiger partial charge in [0.05, 0.1) is 0 Å². The number of phenolic OH excluding ortho intramolecular Hbond substituents is 1. The Morgan fingerprint density at radius 3 is 2.31 bits per heavy atom. The Morgan fingerprint density at radius 1 is 1.23 bits per heavy atom. The van der Waals surface area contributed by atoms with Crippen LogP contribution < -0.4 is 0 Å². The van der Waals surface area contributed by atoms with Crippen molar-refractivity contribution < 1.29 is 14.6 Å². The fourth-order valence-electron chi connectivity index (χ4n) is 1.10. The molecule has 0 aliphatic heterocycles. The summed E-state index contributed by atoms with van der Waals surface area (Å²) in [6, 6.07) is 5.03. The third kappa shape index (κ3) is 2.69. The summed E-state index contributed by atoms with van der Waals surface area (Å²) in [6.45, 7) is 0. The lowest BCUT2D eigenvalue weighted by atomic mass is 10.2. The Labute approximate surface area is 85.4 Å². The topological polar surface area (TPSA) is 38.7 Å². The third-order valence-electron chi connectivity index (χ3n) is 1.61. The van der Waals surface area contributed by atoms with E-state index in [-0.39, 0.29) is 5.75 Å². The second kappa shape index (κ2) is 4.60. The second-order valence-corrected chi connectivity index (χ2v) is 3.46. The number of methoxy groups -OCH3 is 2. The van der Waals surface area contributed by atoms with E-state index in [4.69, 9.17) is 9.47 Å². The number of aromatic hydroxyl groups is 1. The lowest BCUT2D eigenvalue weighted by Gasteiger charge is -2.13. The van der Waals surface area contributed by atoms with Crippen LogP contribution in [0.4, 0.5) is 0 Å². The molecule has 72 valence electrons. The maximum absolute atomic E-state index is 9.29. The zero-order chi connectivity index (χ0) is 9.84. The van der Waals surface area contributed by atoms with Crippen LogP contribution >= 0.6 is 15.9 Å². The first-order chi connectivity index (χ1) is 6.17. The minimum atomic E-state index is -0.441. The van der Waals surface area contributed by atoms with E-state index in [2.05, 4.69) is 15.9 Å². The van der Waals surface area contributed by atoms with E-state index in [1.165, 1.54) is 0 Å². The number of rotatable bonds is 3. The smallest absolute Gasteiger partial charge is 0.183 e. The predicted octanol–water partition coefficient (Wildman–Crippen LogP) is 2.45. The molecule has 1 aromatic carbocycles. The number of benzene rings is 1. The first-order valence-electron chi connectivity index (χ1n) is 3.72. The average Bonchev–Trinajstić information content (AvgIpc) is 2.04. The van der Waals surface area contributed by atoms with Crippen LogP contribution in [0.25, 0.3) is 0 Å². The lowest BCUT2D eigenvalue weighted by molar-refractivity contribution is -0.106. The summed E-state index contributed by atoms with van der Waals surface area (Å²) in [7, 11) is 3.10. The van der Waals surface area contributed by atoms with Gasteiger partial charge in [0.25, 0.3) is 0 Å². The molecule has 0 spiro atoms. The van der Waals surface area contributed by atoms with E-state index in [0.29, 0.717) is 0 Å². The maximum Gasteiger partial charge on any atom is 0.183 e. The predicted molar refractivity (Wildman–Crippen MR) is 52.6 cm³/mol. The highest BCUT2D eigenvalue weighted by Crippen LogP contribution is 2.26. The van der Waals surface area contributed by atoms with Crippen LogP contribution in [0.2, 0.25) is 0 Å². The fraction of sp³-hybridized carbons (Fsp3) is 0.333. The molecule has 13 heavy (non-hydrogen) atoms. The van der Waals surface area contributed by atoms with Crippen molar-refractivity contribution in [3.63, 3.8) is 0 Å². The van der Waals surface area contributed by atoms with Crippen molar-refractivity contribution in [3.8, 4) is 5.75 Å². The number of hydrogen-bond acceptors (Lipinski definition) is 3. The molecule has 3 nitrogen and oxygen atoms in total. The van der Waals surface area contributed by atoms with Gasteiger partial charge in [-0.1, -0.05) is 15.9 Å². The Hall–Kier alpha value is -0.580. The highest BCUT2D eigenvalue weighted by molar-refractivity contribution is 9.10. The number of hydrogen-bond donors (Lipinski definition) is 1. The second-order valence-electron chi connectivity index (χ2n) is 2.55. The van der Waals surface area contributed by atoms with Gasteiger partial charge in [0.2, 0.25) is 0 Å². The number of ether oxygens (including phenoxy) is 2. The SMILES string of the molecule is COC(OC)c1cc(O)cc(Br)c1. The number of halogens is 1. The zero-order valence-electron chi connectivity index (χ0n) is 7.45. The summed E-state index contributed by atoms with van der Waals surface area (Å²) in [5, 5.41) is 9.29. The van der Waals surface area contributed by atoms with Crippen LogP contribution in [0, 0.1) is 0 Å². The van der Waals surface area contributed by atoms with Gasteiger partial charge in [-0.25, -0.2) is 0 Å². The maximum atomic E-state index is 9.29. The highest BCUT2D eigenvalue weighted by Gasteiger charge is 2.10. The lowest BCUT2D eigenvalue weighted by Crippen LogP contribution is -2.03. The van der Waals surface area contributed by atoms with Gasteiger partial charge < -0.3 is 14.6 Å². The molecule has 0 aromatic heterocycles. The largest absolute Gasteiger partial charge is 0.508 e. The molecule has 0 fully saturated rings. The van der Waals surface area contributed by atoms with Crippen molar-refractivity contribution in [2.75, 3.05) is 14.2 Å². The Bertz CT molecular complexity index is 264. The summed E-state index contributed by atoms with van der Waals surface area (Å²) in [4.78, 5) is 0. The monoisotopic (exact) mass is 246 g/mol. The molecule has 0 saturated heterocycles. The van der Waals surface area contributed by atoms with Crippen LogP contribution in [0.5, 0.6) is 5.75 Å². The molecule has 0 amide bonds. The molecule has 0 saturated carbocycles. The van der Waals surface area contributed by atoms with Gasteiger partial charge in [-0.2, -0.15) is 0 Å². The minimum absolute atomic E-state index is 0.184. The van der Waals surface area contributed by atoms with Gasteiger partial charge in [-0.05, 0) is 18.2 Å². The molecular weight excluding hydrogens is 236 g/mol. The van der Waals surface area contributed by atoms with Crippen LogP contribution in [-0.2, 0) is 9.47 Å². The van der Waals surface area contributed by atoms with E-state index in [1.54, 1.807) is 26.4 Å². The van der Waals surface area contributed by atoms with Gasteiger partial charge in [-0.3, -0.25) is 0 Å². The van der Waals surface area contributed by atoms with Crippen molar-refractivity contribution in [2.45, 2.75) is 6.29 Å². The van der Waals surface area contributed by atoms with Crippen molar-refractivity contribution in [1.29, 1.82) is 0 Å². The fourth-order valence-corrected chi connectivity index (χ4v) is 1.60. The summed E-state index contributed by atoms with van der Waals surface area (Å²) in [6.07, 6.45) is -0.441. The Balaban J connectivity index is 2.99. The van der Waals surface area contributed by atoms with E-state index in [9.17, 15) is 5.11 Å². The highest BCUT2D eigenvalue weighted by atomic mass is 79.9. The van der Waals surface area contributed by atoms with Gasteiger partial charge in [0.1, 0.15) is 5.75 Å². The molecule has 4 heteroatoms. The van der Waals surface area contributed by atoms with E-state index in [1.807, 2.05) is 6.07 Å². The number of phenols is 1. The van der Waals surface area contributed by atoms with Gasteiger partial charge in [0.15, 0.2) is 6.29 Å². The van der Waals surface area contributed by atoms with Crippen LogP contribution in [0.1, 0.15) is 11.9 Å². The van der Waals surface area contributed by atoms with Crippen molar-refractivity contribution in [2.24, 2.45) is 0 Å². The van der Waals surface area contributed by atoms with Gasteiger partial charge >= 0.3 is 0 Å². The molecule has 1 rings (SSSR count). The molecule has 1 N–H and O–H groups in total. The molecule has 1 aromatic rings. The normalized spacial score (nSPS) is 10.8. The van der Waals surface area contributed by atoms with Gasteiger partial charge in [-0.15, -0.1) is 0 Å². The van der Waals surface area contributed by atoms with Gasteiger partial charge in [0, 0.05) is 24.3 Å². The molecule has 0 heterocycles. The van der Waals surface area contributed by atoms with Crippen molar-refractivity contribution in [3.05, 3.63) is 28.2 Å². The Morgan fingerprint density at radius 2 is 1.85 bits per heavy atom. The zero-order valence-corrected chi connectivity index (χ0v) is 9.04. The molecule has 0 aliphatic rings. The van der Waals surface area contributed by atoms with Crippen LogP contribution in [-0.4, -0.2) is 19.3 Å². The van der Waals surface area contributed by atoms with Crippen LogP contribution in [0.15, 0.2) is 22.7 Å². The summed E-state index contributed by atoms with van der Waals surface area (Å²) >= 11 is 3.27. The summed E-state index contributed by atoms with van der Waals surface area (Å²) in [5.74, 6) is 0.184. The van der Waals surface area contributed by atoms with Crippen molar-refractivity contribution in [1.82, 2.24) is 0 Å². The van der Waals surface area contributed by atoms with Crippen molar-refractivity contribution >= 4 is 15.9 Å². The Kier molecular flexibility index (Phi) is 3.71. The summed E-state index contributed by atoms with van der Waals surface area (Å²) < 4.78 is 10.9.